The van der Waals surface area contributed by atoms with Crippen LogP contribution < -0.4 is 14.2 Å². The molecule has 0 saturated carbocycles. The number of benzene rings is 3. The molecular weight excluding hydrogens is 414 g/mol. The van der Waals surface area contributed by atoms with Crippen LogP contribution in [0.15, 0.2) is 72.8 Å². The lowest BCUT2D eigenvalue weighted by Gasteiger charge is -2.08. The molecule has 0 aromatic heterocycles. The number of ketones is 1. The van der Waals surface area contributed by atoms with E-state index in [1.807, 2.05) is 0 Å². The van der Waals surface area contributed by atoms with Crippen LogP contribution in [-0.2, 0) is 0 Å². The van der Waals surface area contributed by atoms with E-state index in [0.29, 0.717) is 22.8 Å². The molecule has 3 aromatic carbocycles. The third-order valence-electron chi connectivity index (χ3n) is 4.50. The first kappa shape index (κ1) is 22.2. The Morgan fingerprint density at radius 2 is 1.53 bits per heavy atom. The summed E-state index contributed by atoms with van der Waals surface area (Å²) in [6.45, 7) is 0. The lowest BCUT2D eigenvalue weighted by Crippen LogP contribution is -2.08. The van der Waals surface area contributed by atoms with Crippen LogP contribution in [0.25, 0.3) is 6.08 Å². The molecule has 0 bridgehead atoms. The second-order valence-electron chi connectivity index (χ2n) is 6.53. The summed E-state index contributed by atoms with van der Waals surface area (Å²) in [7, 11) is 3.00. The van der Waals surface area contributed by atoms with Gasteiger partial charge in [-0.15, -0.1) is 0 Å². The van der Waals surface area contributed by atoms with E-state index in [-0.39, 0.29) is 17.0 Å². The summed E-state index contributed by atoms with van der Waals surface area (Å²) in [6, 6.07) is 16.6. The average Bonchev–Trinajstić information content (AvgIpc) is 2.82. The second-order valence-corrected chi connectivity index (χ2v) is 6.53. The molecule has 0 spiro atoms. The molecule has 8 nitrogen and oxygen atoms in total. The summed E-state index contributed by atoms with van der Waals surface area (Å²) in [5, 5.41) is 10.7. The number of hydrogen-bond acceptors (Lipinski definition) is 7. The van der Waals surface area contributed by atoms with Crippen molar-refractivity contribution < 1.29 is 28.7 Å². The fraction of sp³-hybridized carbons (Fsp3) is 0.0833. The Kier molecular flexibility index (Phi) is 6.97. The van der Waals surface area contributed by atoms with Crippen molar-refractivity contribution in [1.29, 1.82) is 0 Å². The Balaban J connectivity index is 1.66. The van der Waals surface area contributed by atoms with E-state index < -0.39 is 10.9 Å². The zero-order valence-electron chi connectivity index (χ0n) is 17.3. The van der Waals surface area contributed by atoms with Crippen LogP contribution in [0.4, 0.5) is 5.69 Å². The van der Waals surface area contributed by atoms with Crippen molar-refractivity contribution in [2.24, 2.45) is 0 Å². The number of nitrogens with zero attached hydrogens (tertiary/aromatic N) is 1. The molecule has 0 aliphatic carbocycles. The molecule has 0 radical (unpaired) electrons. The number of carbonyl (C=O) groups is 2. The topological polar surface area (TPSA) is 105 Å². The third kappa shape index (κ3) is 5.37. The summed E-state index contributed by atoms with van der Waals surface area (Å²) in [5.41, 5.74) is 1.17. The maximum atomic E-state index is 12.6. The minimum Gasteiger partial charge on any atom is -0.497 e. The van der Waals surface area contributed by atoms with Gasteiger partial charge in [-0.1, -0.05) is 18.2 Å². The normalized spacial score (nSPS) is 10.6. The summed E-state index contributed by atoms with van der Waals surface area (Å²) in [5.74, 6) is 0.389. The fourth-order valence-electron chi connectivity index (χ4n) is 2.80. The highest BCUT2D eigenvalue weighted by Gasteiger charge is 2.13. The molecule has 0 heterocycles. The van der Waals surface area contributed by atoms with Gasteiger partial charge in [0.25, 0.3) is 5.69 Å². The lowest BCUT2D eigenvalue weighted by molar-refractivity contribution is -0.384. The molecule has 0 saturated heterocycles. The van der Waals surface area contributed by atoms with Gasteiger partial charge in [-0.25, -0.2) is 4.79 Å². The van der Waals surface area contributed by atoms with Crippen molar-refractivity contribution in [3.63, 3.8) is 0 Å². The second kappa shape index (κ2) is 10.0. The van der Waals surface area contributed by atoms with Crippen LogP contribution in [0.2, 0.25) is 0 Å². The van der Waals surface area contributed by atoms with Gasteiger partial charge < -0.3 is 14.2 Å². The van der Waals surface area contributed by atoms with Crippen LogP contribution in [0.1, 0.15) is 26.3 Å². The Morgan fingerprint density at radius 3 is 2.12 bits per heavy atom. The van der Waals surface area contributed by atoms with Gasteiger partial charge in [0.05, 0.1) is 30.3 Å². The molecule has 0 aliphatic rings. The van der Waals surface area contributed by atoms with Gasteiger partial charge in [0.2, 0.25) is 0 Å². The van der Waals surface area contributed by atoms with Crippen molar-refractivity contribution >= 4 is 23.5 Å². The van der Waals surface area contributed by atoms with Gasteiger partial charge in [-0.3, -0.25) is 14.9 Å². The SMILES string of the molecule is COc1ccc(OC)c(C(=O)/C=C/c2ccc(OC(=O)c3ccc([N+](=O)[O-])cc3)cc2)c1. The van der Waals surface area contributed by atoms with E-state index in [4.69, 9.17) is 14.2 Å². The Hall–Kier alpha value is -4.46. The Bertz CT molecular complexity index is 1170. The van der Waals surface area contributed by atoms with Crippen molar-refractivity contribution in [1.82, 2.24) is 0 Å². The summed E-state index contributed by atoms with van der Waals surface area (Å²) in [4.78, 5) is 34.9. The monoisotopic (exact) mass is 433 g/mol. The molecule has 0 fully saturated rings. The predicted octanol–water partition coefficient (Wildman–Crippen LogP) is 4.73. The standard InChI is InChI=1S/C24H19NO7/c1-30-20-12-14-23(31-2)21(15-20)22(26)13-5-16-3-10-19(11-4-16)32-24(27)17-6-8-18(9-7-17)25(28)29/h3-15H,1-2H3/b13-5+. The number of nitro groups is 1. The molecule has 162 valence electrons. The highest BCUT2D eigenvalue weighted by atomic mass is 16.6. The summed E-state index contributed by atoms with van der Waals surface area (Å²) in [6.07, 6.45) is 3.04. The Morgan fingerprint density at radius 1 is 0.875 bits per heavy atom. The number of methoxy groups -OCH3 is 2. The highest BCUT2D eigenvalue weighted by Crippen LogP contribution is 2.25. The molecule has 3 aromatic rings. The Labute approximate surface area is 183 Å². The number of rotatable bonds is 8. The largest absolute Gasteiger partial charge is 0.497 e. The number of nitro benzene ring substituents is 1. The van der Waals surface area contributed by atoms with Crippen LogP contribution in [0.5, 0.6) is 17.2 Å². The zero-order chi connectivity index (χ0) is 23.1. The maximum Gasteiger partial charge on any atom is 0.343 e. The molecule has 0 atom stereocenters. The molecular formula is C24H19NO7. The van der Waals surface area contributed by atoms with Crippen molar-refractivity contribution in [3.8, 4) is 17.2 Å². The molecule has 0 amide bonds. The fourth-order valence-corrected chi connectivity index (χ4v) is 2.80. The molecule has 32 heavy (non-hydrogen) atoms. The van der Waals surface area contributed by atoms with Gasteiger partial charge >= 0.3 is 5.97 Å². The van der Waals surface area contributed by atoms with Crippen LogP contribution in [0, 0.1) is 10.1 Å². The highest BCUT2D eigenvalue weighted by molar-refractivity contribution is 6.08. The van der Waals surface area contributed by atoms with E-state index in [0.717, 1.165) is 5.56 Å². The van der Waals surface area contributed by atoms with E-state index in [2.05, 4.69) is 0 Å². The maximum absolute atomic E-state index is 12.6. The first-order valence-corrected chi connectivity index (χ1v) is 9.42. The van der Waals surface area contributed by atoms with Crippen molar-refractivity contribution in [3.05, 3.63) is 99.6 Å². The number of carbonyl (C=O) groups excluding carboxylic acids is 2. The molecule has 0 unspecified atom stereocenters. The van der Waals surface area contributed by atoms with E-state index in [9.17, 15) is 19.7 Å². The van der Waals surface area contributed by atoms with Gasteiger partial charge in [-0.05, 0) is 54.1 Å². The quantitative estimate of drug-likeness (QED) is 0.126. The zero-order valence-corrected chi connectivity index (χ0v) is 17.3. The first-order valence-electron chi connectivity index (χ1n) is 9.42. The van der Waals surface area contributed by atoms with Gasteiger partial charge in [-0.2, -0.15) is 0 Å². The van der Waals surface area contributed by atoms with Crippen molar-refractivity contribution in [2.45, 2.75) is 0 Å². The number of ether oxygens (including phenoxy) is 3. The first-order chi connectivity index (χ1) is 15.4. The minimum absolute atomic E-state index is 0.112. The van der Waals surface area contributed by atoms with E-state index in [1.54, 1.807) is 48.5 Å². The molecule has 0 N–H and O–H groups in total. The van der Waals surface area contributed by atoms with Crippen LogP contribution >= 0.6 is 0 Å². The molecule has 0 aliphatic heterocycles. The molecule has 3 rings (SSSR count). The summed E-state index contributed by atoms with van der Waals surface area (Å²) < 4.78 is 15.7. The van der Waals surface area contributed by atoms with Crippen LogP contribution in [-0.4, -0.2) is 30.9 Å². The smallest absolute Gasteiger partial charge is 0.343 e. The third-order valence-corrected chi connectivity index (χ3v) is 4.50. The van der Waals surface area contributed by atoms with E-state index >= 15 is 0 Å². The lowest BCUT2D eigenvalue weighted by atomic mass is 10.1. The van der Waals surface area contributed by atoms with Crippen LogP contribution in [0.3, 0.4) is 0 Å². The number of allylic oxidation sites excluding steroid dienone is 1. The molecule has 8 heteroatoms. The number of hydrogen-bond donors (Lipinski definition) is 0. The minimum atomic E-state index is -0.636. The van der Waals surface area contributed by atoms with Gasteiger partial charge in [0.1, 0.15) is 17.2 Å². The predicted molar refractivity (Wildman–Crippen MR) is 117 cm³/mol. The van der Waals surface area contributed by atoms with Crippen molar-refractivity contribution in [2.75, 3.05) is 14.2 Å². The van der Waals surface area contributed by atoms with E-state index in [1.165, 1.54) is 44.6 Å². The summed E-state index contributed by atoms with van der Waals surface area (Å²) >= 11 is 0. The number of non-ortho nitro benzene ring substituents is 1. The van der Waals surface area contributed by atoms with Gasteiger partial charge in [0, 0.05) is 12.1 Å². The van der Waals surface area contributed by atoms with Gasteiger partial charge in [0.15, 0.2) is 5.78 Å². The number of esters is 1. The average molecular weight is 433 g/mol.